The first kappa shape index (κ1) is 15.2. The van der Waals surface area contributed by atoms with Gasteiger partial charge in [-0.25, -0.2) is 0 Å². The van der Waals surface area contributed by atoms with Crippen LogP contribution in [0.3, 0.4) is 0 Å². The van der Waals surface area contributed by atoms with E-state index in [9.17, 15) is 9.59 Å². The lowest BCUT2D eigenvalue weighted by Gasteiger charge is -2.34. The molecule has 0 unspecified atom stereocenters. The second-order valence-corrected chi connectivity index (χ2v) is 6.85. The molecule has 2 fully saturated rings. The number of fused-ring (bicyclic) bond motifs is 1. The van der Waals surface area contributed by atoms with Gasteiger partial charge in [-0.05, 0) is 28.7 Å². The lowest BCUT2D eigenvalue weighted by molar-refractivity contribution is -0.139. The molecule has 2 atom stereocenters. The molecule has 4 rings (SSSR count). The van der Waals surface area contributed by atoms with Crippen molar-refractivity contribution in [2.24, 2.45) is 5.92 Å². The molecule has 1 aliphatic carbocycles. The molecule has 0 radical (unpaired) electrons. The SMILES string of the molecule is CC(=O)N1CCN(C(=O)[C@H]2C[C@H]2c2cccc3ccccc23)CC1. The minimum Gasteiger partial charge on any atom is -0.339 e. The minimum absolute atomic E-state index is 0.0992. The van der Waals surface area contributed by atoms with E-state index in [0.29, 0.717) is 32.1 Å². The predicted octanol–water partition coefficient (Wildman–Crippen LogP) is 2.63. The van der Waals surface area contributed by atoms with E-state index in [1.54, 1.807) is 6.92 Å². The van der Waals surface area contributed by atoms with Gasteiger partial charge in [0.25, 0.3) is 0 Å². The summed E-state index contributed by atoms with van der Waals surface area (Å²) in [5.74, 6) is 0.812. The van der Waals surface area contributed by atoms with E-state index in [2.05, 4.69) is 42.5 Å². The standard InChI is InChI=1S/C20H22N2O2/c1-14(23)21-9-11-22(12-10-21)20(24)19-13-18(19)17-8-4-6-15-5-2-3-7-16(15)17/h2-8,18-19H,9-13H2,1H3/t18-,19-/m0/s1. The van der Waals surface area contributed by atoms with Crippen LogP contribution in [0.1, 0.15) is 24.8 Å². The molecule has 4 heteroatoms. The van der Waals surface area contributed by atoms with Crippen LogP contribution in [0.4, 0.5) is 0 Å². The molecule has 0 N–H and O–H groups in total. The van der Waals surface area contributed by atoms with Crippen molar-refractivity contribution in [3.8, 4) is 0 Å². The molecule has 1 heterocycles. The molecule has 1 saturated heterocycles. The zero-order valence-electron chi connectivity index (χ0n) is 13.9. The van der Waals surface area contributed by atoms with E-state index in [1.807, 2.05) is 9.80 Å². The van der Waals surface area contributed by atoms with Gasteiger partial charge in [-0.3, -0.25) is 9.59 Å². The summed E-state index contributed by atoms with van der Waals surface area (Å²) in [4.78, 5) is 27.9. The van der Waals surface area contributed by atoms with Gasteiger partial charge in [0.05, 0.1) is 0 Å². The van der Waals surface area contributed by atoms with Crippen molar-refractivity contribution in [1.29, 1.82) is 0 Å². The Balaban J connectivity index is 1.46. The van der Waals surface area contributed by atoms with E-state index < -0.39 is 0 Å². The Morgan fingerprint density at radius 1 is 0.917 bits per heavy atom. The number of carbonyl (C=O) groups excluding carboxylic acids is 2. The Labute approximate surface area is 142 Å². The van der Waals surface area contributed by atoms with E-state index in [1.165, 1.54) is 16.3 Å². The number of amides is 2. The molecule has 2 aromatic rings. The average molecular weight is 322 g/mol. The van der Waals surface area contributed by atoms with Crippen molar-refractivity contribution < 1.29 is 9.59 Å². The van der Waals surface area contributed by atoms with Crippen LogP contribution in [0.25, 0.3) is 10.8 Å². The molecular formula is C20H22N2O2. The Bertz CT molecular complexity index is 788. The van der Waals surface area contributed by atoms with E-state index in [-0.39, 0.29) is 17.7 Å². The highest BCUT2D eigenvalue weighted by Crippen LogP contribution is 2.50. The highest BCUT2D eigenvalue weighted by molar-refractivity contribution is 5.89. The maximum absolute atomic E-state index is 12.8. The zero-order valence-corrected chi connectivity index (χ0v) is 13.9. The van der Waals surface area contributed by atoms with Crippen molar-refractivity contribution in [1.82, 2.24) is 9.80 Å². The lowest BCUT2D eigenvalue weighted by atomic mass is 10.00. The summed E-state index contributed by atoms with van der Waals surface area (Å²) in [5, 5.41) is 2.50. The molecule has 4 nitrogen and oxygen atoms in total. The molecule has 0 bridgehead atoms. The summed E-state index contributed by atoms with van der Waals surface area (Å²) < 4.78 is 0. The summed E-state index contributed by atoms with van der Waals surface area (Å²) in [6.07, 6.45) is 0.944. The van der Waals surface area contributed by atoms with Gasteiger partial charge in [0.15, 0.2) is 0 Å². The third-order valence-corrected chi connectivity index (χ3v) is 5.37. The normalized spacial score (nSPS) is 23.4. The molecule has 2 aromatic carbocycles. The van der Waals surface area contributed by atoms with E-state index >= 15 is 0 Å². The highest BCUT2D eigenvalue weighted by atomic mass is 16.2. The summed E-state index contributed by atoms with van der Waals surface area (Å²) in [7, 11) is 0. The topological polar surface area (TPSA) is 40.6 Å². The molecule has 1 aliphatic heterocycles. The van der Waals surface area contributed by atoms with Gasteiger partial charge in [0.1, 0.15) is 0 Å². The second kappa shape index (κ2) is 5.93. The van der Waals surface area contributed by atoms with Gasteiger partial charge in [-0.2, -0.15) is 0 Å². The predicted molar refractivity (Wildman–Crippen MR) is 93.6 cm³/mol. The van der Waals surface area contributed by atoms with Gasteiger partial charge in [0, 0.05) is 39.0 Å². The number of piperazine rings is 1. The molecule has 2 aliphatic rings. The fraction of sp³-hybridized carbons (Fsp3) is 0.400. The number of hydrogen-bond donors (Lipinski definition) is 0. The minimum atomic E-state index is 0.0992. The summed E-state index contributed by atoms with van der Waals surface area (Å²) in [6.45, 7) is 4.24. The third kappa shape index (κ3) is 2.66. The monoisotopic (exact) mass is 322 g/mol. The highest BCUT2D eigenvalue weighted by Gasteiger charge is 2.46. The average Bonchev–Trinajstić information content (AvgIpc) is 3.41. The van der Waals surface area contributed by atoms with Crippen LogP contribution in [0.5, 0.6) is 0 Å². The number of hydrogen-bond acceptors (Lipinski definition) is 2. The summed E-state index contributed by atoms with van der Waals surface area (Å²) in [5.41, 5.74) is 1.30. The van der Waals surface area contributed by atoms with Gasteiger partial charge >= 0.3 is 0 Å². The second-order valence-electron chi connectivity index (χ2n) is 6.85. The molecular weight excluding hydrogens is 300 g/mol. The number of benzene rings is 2. The van der Waals surface area contributed by atoms with Crippen LogP contribution in [-0.2, 0) is 9.59 Å². The maximum Gasteiger partial charge on any atom is 0.226 e. The van der Waals surface area contributed by atoms with E-state index in [0.717, 1.165) is 6.42 Å². The first-order valence-corrected chi connectivity index (χ1v) is 8.67. The Hall–Kier alpha value is -2.36. The fourth-order valence-corrected chi connectivity index (χ4v) is 3.86. The van der Waals surface area contributed by atoms with Gasteiger partial charge in [-0.1, -0.05) is 42.5 Å². The van der Waals surface area contributed by atoms with Crippen molar-refractivity contribution in [2.45, 2.75) is 19.3 Å². The van der Waals surface area contributed by atoms with Gasteiger partial charge < -0.3 is 9.80 Å². The van der Waals surface area contributed by atoms with Crippen molar-refractivity contribution >= 4 is 22.6 Å². The van der Waals surface area contributed by atoms with Crippen molar-refractivity contribution in [2.75, 3.05) is 26.2 Å². The van der Waals surface area contributed by atoms with Crippen LogP contribution < -0.4 is 0 Å². The fourth-order valence-electron chi connectivity index (χ4n) is 3.86. The first-order chi connectivity index (χ1) is 11.6. The van der Waals surface area contributed by atoms with Crippen LogP contribution >= 0.6 is 0 Å². The third-order valence-electron chi connectivity index (χ3n) is 5.37. The van der Waals surface area contributed by atoms with Crippen LogP contribution in [0, 0.1) is 5.92 Å². The van der Waals surface area contributed by atoms with Crippen LogP contribution in [0.2, 0.25) is 0 Å². The van der Waals surface area contributed by atoms with Gasteiger partial charge in [-0.15, -0.1) is 0 Å². The first-order valence-electron chi connectivity index (χ1n) is 8.67. The maximum atomic E-state index is 12.8. The van der Waals surface area contributed by atoms with E-state index in [4.69, 9.17) is 0 Å². The number of nitrogens with zero attached hydrogens (tertiary/aromatic N) is 2. The number of rotatable bonds is 2. The smallest absolute Gasteiger partial charge is 0.226 e. The number of carbonyl (C=O) groups is 2. The Kier molecular flexibility index (Phi) is 3.75. The van der Waals surface area contributed by atoms with Crippen LogP contribution in [-0.4, -0.2) is 47.8 Å². The van der Waals surface area contributed by atoms with Crippen molar-refractivity contribution in [3.63, 3.8) is 0 Å². The summed E-state index contributed by atoms with van der Waals surface area (Å²) in [6, 6.07) is 14.8. The quantitative estimate of drug-likeness (QED) is 0.853. The largest absolute Gasteiger partial charge is 0.339 e. The van der Waals surface area contributed by atoms with Crippen molar-refractivity contribution in [3.05, 3.63) is 48.0 Å². The molecule has 24 heavy (non-hydrogen) atoms. The molecule has 1 saturated carbocycles. The molecule has 124 valence electrons. The van der Waals surface area contributed by atoms with Gasteiger partial charge in [0.2, 0.25) is 11.8 Å². The lowest BCUT2D eigenvalue weighted by Crippen LogP contribution is -2.50. The zero-order chi connectivity index (χ0) is 16.7. The molecule has 0 spiro atoms. The Morgan fingerprint density at radius 3 is 2.33 bits per heavy atom. The Morgan fingerprint density at radius 2 is 1.58 bits per heavy atom. The van der Waals surface area contributed by atoms with Crippen LogP contribution in [0.15, 0.2) is 42.5 Å². The summed E-state index contributed by atoms with van der Waals surface area (Å²) >= 11 is 0. The molecule has 2 amide bonds. The molecule has 0 aromatic heterocycles.